The monoisotopic (exact) mass is 442 g/mol. The van der Waals surface area contributed by atoms with E-state index in [1.165, 1.54) is 44.9 Å². The summed E-state index contributed by atoms with van der Waals surface area (Å²) in [6, 6.07) is 0. The number of aliphatic hydroxyl groups is 1. The molecule has 4 aliphatic carbocycles. The molecular formula is C30H50O2. The molecule has 9 unspecified atom stereocenters. The third-order valence-corrected chi connectivity index (χ3v) is 11.3. The quantitative estimate of drug-likeness (QED) is 0.409. The maximum Gasteiger partial charge on any atom is 0.0688 e. The fourth-order valence-corrected chi connectivity index (χ4v) is 9.09. The molecule has 0 aromatic heterocycles. The highest BCUT2D eigenvalue weighted by Crippen LogP contribution is 2.67. The van der Waals surface area contributed by atoms with Gasteiger partial charge in [0.15, 0.2) is 0 Å². The summed E-state index contributed by atoms with van der Waals surface area (Å²) in [4.78, 5) is 0. The maximum atomic E-state index is 10.7. The molecule has 0 amide bonds. The Labute approximate surface area is 198 Å². The predicted molar refractivity (Wildman–Crippen MR) is 134 cm³/mol. The second kappa shape index (κ2) is 8.56. The van der Waals surface area contributed by atoms with Crippen molar-refractivity contribution in [1.29, 1.82) is 0 Å². The van der Waals surface area contributed by atoms with Crippen molar-refractivity contribution in [2.24, 2.45) is 40.4 Å². The zero-order valence-electron chi connectivity index (χ0n) is 21.9. The van der Waals surface area contributed by atoms with Gasteiger partial charge in [0.25, 0.3) is 0 Å². The topological polar surface area (TPSA) is 29.5 Å². The Morgan fingerprint density at radius 2 is 1.94 bits per heavy atom. The first-order valence-corrected chi connectivity index (χ1v) is 13.6. The molecular weight excluding hydrogens is 392 g/mol. The Morgan fingerprint density at radius 3 is 2.62 bits per heavy atom. The zero-order chi connectivity index (χ0) is 23.4. The van der Waals surface area contributed by atoms with Crippen molar-refractivity contribution in [3.63, 3.8) is 0 Å². The molecule has 0 aliphatic heterocycles. The standard InChI is InChI=1S/C30H50O2/c1-8-15-27(3,31)16-13-21(2)24-11-12-25-23-10-9-22-20-28(4,32-7)18-19-29(22,5)26(23)14-17-30(24,25)6/h8-9,21,23-26,31H,1,10-20H2,2-7H3. The molecule has 3 fully saturated rings. The largest absolute Gasteiger partial charge is 0.390 e. The summed E-state index contributed by atoms with van der Waals surface area (Å²) in [6.07, 6.45) is 17.8. The molecule has 2 nitrogen and oxygen atoms in total. The van der Waals surface area contributed by atoms with Gasteiger partial charge in [-0.05, 0) is 125 Å². The van der Waals surface area contributed by atoms with Gasteiger partial charge >= 0.3 is 0 Å². The normalized spacial score (nSPS) is 46.3. The lowest BCUT2D eigenvalue weighted by Gasteiger charge is -2.59. The Hall–Kier alpha value is -0.600. The van der Waals surface area contributed by atoms with Crippen LogP contribution in [0.4, 0.5) is 0 Å². The first-order valence-electron chi connectivity index (χ1n) is 13.6. The van der Waals surface area contributed by atoms with Crippen molar-refractivity contribution in [2.45, 2.75) is 116 Å². The summed E-state index contributed by atoms with van der Waals surface area (Å²) in [5.41, 5.74) is 2.05. The molecule has 182 valence electrons. The number of rotatable bonds is 7. The summed E-state index contributed by atoms with van der Waals surface area (Å²) in [5, 5.41) is 10.7. The lowest BCUT2D eigenvalue weighted by atomic mass is 9.46. The highest BCUT2D eigenvalue weighted by molar-refractivity contribution is 5.27. The van der Waals surface area contributed by atoms with Gasteiger partial charge in [-0.15, -0.1) is 6.58 Å². The average molecular weight is 443 g/mol. The highest BCUT2D eigenvalue weighted by atomic mass is 16.5. The lowest BCUT2D eigenvalue weighted by molar-refractivity contribution is -0.0811. The van der Waals surface area contributed by atoms with Crippen molar-refractivity contribution in [3.05, 3.63) is 24.3 Å². The van der Waals surface area contributed by atoms with Crippen molar-refractivity contribution in [1.82, 2.24) is 0 Å². The number of ether oxygens (including phenoxy) is 1. The van der Waals surface area contributed by atoms with E-state index in [4.69, 9.17) is 4.74 Å². The minimum atomic E-state index is -0.594. The second-order valence-electron chi connectivity index (χ2n) is 13.3. The molecule has 1 N–H and O–H groups in total. The minimum Gasteiger partial charge on any atom is -0.390 e. The molecule has 3 saturated carbocycles. The van der Waals surface area contributed by atoms with Crippen LogP contribution in [0.5, 0.6) is 0 Å². The Kier molecular flexibility index (Phi) is 6.56. The molecule has 0 heterocycles. The highest BCUT2D eigenvalue weighted by Gasteiger charge is 2.59. The van der Waals surface area contributed by atoms with Crippen LogP contribution in [0.15, 0.2) is 24.3 Å². The van der Waals surface area contributed by atoms with Crippen LogP contribution in [0.3, 0.4) is 0 Å². The average Bonchev–Trinajstić information content (AvgIpc) is 3.10. The van der Waals surface area contributed by atoms with Gasteiger partial charge in [-0.2, -0.15) is 0 Å². The van der Waals surface area contributed by atoms with Crippen molar-refractivity contribution < 1.29 is 9.84 Å². The van der Waals surface area contributed by atoms with Gasteiger partial charge < -0.3 is 9.84 Å². The van der Waals surface area contributed by atoms with Crippen molar-refractivity contribution in [2.75, 3.05) is 7.11 Å². The molecule has 0 aromatic rings. The Balaban J connectivity index is 1.49. The summed E-state index contributed by atoms with van der Waals surface area (Å²) >= 11 is 0. The summed E-state index contributed by atoms with van der Waals surface area (Å²) in [5.74, 6) is 4.13. The van der Waals surface area contributed by atoms with Crippen LogP contribution in [0.2, 0.25) is 0 Å². The van der Waals surface area contributed by atoms with E-state index in [-0.39, 0.29) is 5.60 Å². The molecule has 0 aromatic carbocycles. The summed E-state index contributed by atoms with van der Waals surface area (Å²) < 4.78 is 5.93. The molecule has 0 radical (unpaired) electrons. The van der Waals surface area contributed by atoms with E-state index >= 15 is 0 Å². The molecule has 0 bridgehead atoms. The van der Waals surface area contributed by atoms with Crippen LogP contribution < -0.4 is 0 Å². The van der Waals surface area contributed by atoms with Gasteiger partial charge in [0.2, 0.25) is 0 Å². The van der Waals surface area contributed by atoms with Gasteiger partial charge in [0.1, 0.15) is 0 Å². The maximum absolute atomic E-state index is 10.7. The van der Waals surface area contributed by atoms with Gasteiger partial charge in [0, 0.05) is 7.11 Å². The van der Waals surface area contributed by atoms with E-state index in [0.29, 0.717) is 23.2 Å². The zero-order valence-corrected chi connectivity index (χ0v) is 21.9. The molecule has 32 heavy (non-hydrogen) atoms. The van der Waals surface area contributed by atoms with E-state index in [9.17, 15) is 5.11 Å². The van der Waals surface area contributed by atoms with Crippen molar-refractivity contribution >= 4 is 0 Å². The summed E-state index contributed by atoms with van der Waals surface area (Å²) in [7, 11) is 1.90. The SMILES string of the molecule is C=CCC(C)(O)CCC(C)C1CCC2C3CC=C4CC(C)(OC)CCC4(C)C3CCC12C. The van der Waals surface area contributed by atoms with Gasteiger partial charge in [-0.3, -0.25) is 0 Å². The van der Waals surface area contributed by atoms with Gasteiger partial charge in [0.05, 0.1) is 11.2 Å². The number of fused-ring (bicyclic) bond motifs is 5. The molecule has 2 heteroatoms. The first-order chi connectivity index (χ1) is 15.0. The van der Waals surface area contributed by atoms with E-state index in [1.807, 2.05) is 20.1 Å². The molecule has 4 aliphatic rings. The fraction of sp³-hybridized carbons (Fsp3) is 0.867. The molecule has 0 saturated heterocycles. The molecule has 9 atom stereocenters. The smallest absolute Gasteiger partial charge is 0.0688 e. The first kappa shape index (κ1) is 24.5. The lowest BCUT2D eigenvalue weighted by Crippen LogP contribution is -2.52. The van der Waals surface area contributed by atoms with Crippen LogP contribution in [-0.2, 0) is 4.74 Å². The number of hydrogen-bond acceptors (Lipinski definition) is 2. The van der Waals surface area contributed by atoms with E-state index in [1.54, 1.807) is 5.57 Å². The van der Waals surface area contributed by atoms with Crippen molar-refractivity contribution in [3.8, 4) is 0 Å². The van der Waals surface area contributed by atoms with Crippen LogP contribution in [0.25, 0.3) is 0 Å². The fourth-order valence-electron chi connectivity index (χ4n) is 9.09. The minimum absolute atomic E-state index is 0.0437. The predicted octanol–water partition coefficient (Wildman–Crippen LogP) is 7.71. The second-order valence-corrected chi connectivity index (χ2v) is 13.3. The van der Waals surface area contributed by atoms with Crippen LogP contribution in [0, 0.1) is 40.4 Å². The summed E-state index contributed by atoms with van der Waals surface area (Å²) in [6.45, 7) is 15.8. The number of hydrogen-bond donors (Lipinski definition) is 1. The van der Waals surface area contributed by atoms with Gasteiger partial charge in [-0.1, -0.05) is 38.5 Å². The molecule has 0 spiro atoms. The van der Waals surface area contributed by atoms with Gasteiger partial charge in [-0.25, -0.2) is 0 Å². The van der Waals surface area contributed by atoms with Crippen LogP contribution in [0.1, 0.15) is 105 Å². The number of allylic oxidation sites excluding steroid dienone is 1. The van der Waals surface area contributed by atoms with E-state index < -0.39 is 5.60 Å². The number of methoxy groups -OCH3 is 1. The van der Waals surface area contributed by atoms with E-state index in [0.717, 1.165) is 42.9 Å². The van der Waals surface area contributed by atoms with Crippen LogP contribution in [-0.4, -0.2) is 23.4 Å². The third-order valence-electron chi connectivity index (χ3n) is 11.3. The Morgan fingerprint density at radius 1 is 1.19 bits per heavy atom. The Bertz CT molecular complexity index is 737. The van der Waals surface area contributed by atoms with Crippen LogP contribution >= 0.6 is 0 Å². The van der Waals surface area contributed by atoms with E-state index in [2.05, 4.69) is 40.3 Å². The molecule has 4 rings (SSSR count). The third kappa shape index (κ3) is 4.06.